The van der Waals surface area contributed by atoms with Gasteiger partial charge in [0.15, 0.2) is 0 Å². The van der Waals surface area contributed by atoms with E-state index in [0.29, 0.717) is 23.7 Å². The van der Waals surface area contributed by atoms with Crippen molar-refractivity contribution < 1.29 is 9.59 Å². The summed E-state index contributed by atoms with van der Waals surface area (Å²) in [6.07, 6.45) is 5.63. The monoisotopic (exact) mass is 322 g/mol. The molecule has 0 unspecified atom stereocenters. The third kappa shape index (κ3) is 1.80. The number of rotatable bonds is 3. The van der Waals surface area contributed by atoms with E-state index in [4.69, 9.17) is 0 Å². The Morgan fingerprint density at radius 2 is 1.67 bits per heavy atom. The average molecular weight is 322 g/mol. The normalized spacial score (nSPS) is 38.3. The van der Waals surface area contributed by atoms with E-state index in [1.54, 1.807) is 0 Å². The van der Waals surface area contributed by atoms with Crippen LogP contribution in [0.1, 0.15) is 17.5 Å². The molecular formula is C20H22N2O2. The predicted octanol–water partition coefficient (Wildman–Crippen LogP) is 2.73. The van der Waals surface area contributed by atoms with Crippen LogP contribution in [0.2, 0.25) is 0 Å². The smallest absolute Gasteiger partial charge is 0.235 e. The van der Waals surface area contributed by atoms with Crippen LogP contribution in [0.15, 0.2) is 30.4 Å². The van der Waals surface area contributed by atoms with E-state index < -0.39 is 0 Å². The number of anilines is 1. The number of imide groups is 1. The SMILES string of the molecule is Cc1ccc(NCN2C(=O)[C@@H]3[C@H]4C=C[C@@H]([C@@H]5C[C@@H]45)[C@H]3C2=O)c(C)c1. The quantitative estimate of drug-likeness (QED) is 0.688. The molecule has 3 fully saturated rings. The van der Waals surface area contributed by atoms with Crippen molar-refractivity contribution >= 4 is 17.5 Å². The number of carbonyl (C=O) groups excluding carboxylic acids is 2. The highest BCUT2D eigenvalue weighted by molar-refractivity contribution is 6.06. The molecule has 1 aromatic rings. The van der Waals surface area contributed by atoms with E-state index in [2.05, 4.69) is 30.5 Å². The molecule has 124 valence electrons. The van der Waals surface area contributed by atoms with Gasteiger partial charge in [-0.05, 0) is 55.6 Å². The molecule has 6 rings (SSSR count). The third-order valence-corrected chi connectivity index (χ3v) is 6.56. The summed E-state index contributed by atoms with van der Waals surface area (Å²) in [5.41, 5.74) is 3.33. The zero-order valence-electron chi connectivity index (χ0n) is 14.0. The Bertz CT molecular complexity index is 748. The minimum absolute atomic E-state index is 0.0342. The lowest BCUT2D eigenvalue weighted by Crippen LogP contribution is -2.40. The molecule has 1 heterocycles. The molecule has 2 amide bonds. The number of allylic oxidation sites excluding steroid dienone is 2. The highest BCUT2D eigenvalue weighted by Crippen LogP contribution is 2.65. The van der Waals surface area contributed by atoms with Crippen molar-refractivity contribution in [3.05, 3.63) is 41.5 Å². The average Bonchev–Trinajstić information content (AvgIpc) is 3.33. The summed E-state index contributed by atoms with van der Waals surface area (Å²) in [7, 11) is 0. The molecule has 1 saturated heterocycles. The maximum atomic E-state index is 12.9. The highest BCUT2D eigenvalue weighted by atomic mass is 16.2. The van der Waals surface area contributed by atoms with E-state index >= 15 is 0 Å². The van der Waals surface area contributed by atoms with Gasteiger partial charge in [0, 0.05) is 5.69 Å². The topological polar surface area (TPSA) is 49.4 Å². The van der Waals surface area contributed by atoms with Gasteiger partial charge in [-0.25, -0.2) is 0 Å². The summed E-state index contributed by atoms with van der Waals surface area (Å²) in [5, 5.41) is 3.29. The van der Waals surface area contributed by atoms with Crippen molar-refractivity contribution in [2.75, 3.05) is 12.0 Å². The first-order chi connectivity index (χ1) is 11.6. The van der Waals surface area contributed by atoms with Crippen LogP contribution in [-0.2, 0) is 9.59 Å². The molecule has 0 radical (unpaired) electrons. The van der Waals surface area contributed by atoms with Gasteiger partial charge >= 0.3 is 0 Å². The Kier molecular flexibility index (Phi) is 2.80. The third-order valence-electron chi connectivity index (χ3n) is 6.56. The number of carbonyl (C=O) groups is 2. The number of aryl methyl sites for hydroxylation is 2. The molecule has 2 saturated carbocycles. The minimum Gasteiger partial charge on any atom is -0.367 e. The first-order valence-corrected chi connectivity index (χ1v) is 8.91. The predicted molar refractivity (Wildman–Crippen MR) is 91.0 cm³/mol. The van der Waals surface area contributed by atoms with Crippen LogP contribution in [0, 0.1) is 49.4 Å². The first-order valence-electron chi connectivity index (χ1n) is 8.91. The van der Waals surface area contributed by atoms with Gasteiger partial charge in [0.1, 0.15) is 0 Å². The fourth-order valence-corrected chi connectivity index (χ4v) is 5.35. The van der Waals surface area contributed by atoms with Gasteiger partial charge in [0.25, 0.3) is 0 Å². The van der Waals surface area contributed by atoms with Gasteiger partial charge in [0.05, 0.1) is 18.5 Å². The Hall–Kier alpha value is -2.10. The van der Waals surface area contributed by atoms with Crippen LogP contribution in [0.3, 0.4) is 0 Å². The lowest BCUT2D eigenvalue weighted by molar-refractivity contribution is -0.139. The van der Waals surface area contributed by atoms with E-state index in [9.17, 15) is 9.59 Å². The highest BCUT2D eigenvalue weighted by Gasteiger charge is 2.66. The van der Waals surface area contributed by atoms with Crippen molar-refractivity contribution in [2.24, 2.45) is 35.5 Å². The fraction of sp³-hybridized carbons (Fsp3) is 0.500. The van der Waals surface area contributed by atoms with Gasteiger partial charge in [-0.2, -0.15) is 0 Å². The van der Waals surface area contributed by atoms with Gasteiger partial charge in [-0.3, -0.25) is 14.5 Å². The number of nitrogens with one attached hydrogen (secondary N) is 1. The number of hydrogen-bond donors (Lipinski definition) is 1. The van der Waals surface area contributed by atoms with Gasteiger partial charge < -0.3 is 5.32 Å². The van der Waals surface area contributed by atoms with Crippen LogP contribution >= 0.6 is 0 Å². The van der Waals surface area contributed by atoms with Crippen molar-refractivity contribution in [1.82, 2.24) is 4.90 Å². The van der Waals surface area contributed by atoms with Crippen LogP contribution in [0.25, 0.3) is 0 Å². The molecule has 6 atom stereocenters. The number of likely N-dealkylation sites (tertiary alicyclic amines) is 1. The van der Waals surface area contributed by atoms with Gasteiger partial charge in [-0.15, -0.1) is 0 Å². The number of nitrogens with zero attached hydrogens (tertiary/aromatic N) is 1. The minimum atomic E-state index is -0.0998. The molecule has 0 aromatic heterocycles. The molecule has 1 aromatic carbocycles. The van der Waals surface area contributed by atoms with Crippen LogP contribution in [0.5, 0.6) is 0 Å². The number of hydrogen-bond acceptors (Lipinski definition) is 3. The summed E-state index contributed by atoms with van der Waals surface area (Å²) in [4.78, 5) is 27.3. The summed E-state index contributed by atoms with van der Waals surface area (Å²) in [6.45, 7) is 4.38. The molecule has 4 aliphatic carbocycles. The van der Waals surface area contributed by atoms with E-state index in [-0.39, 0.29) is 30.3 Å². The second-order valence-electron chi connectivity index (χ2n) is 7.91. The summed E-state index contributed by atoms with van der Waals surface area (Å²) in [6, 6.07) is 6.16. The van der Waals surface area contributed by atoms with Gasteiger partial charge in [-0.1, -0.05) is 29.8 Å². The molecule has 1 N–H and O–H groups in total. The molecule has 24 heavy (non-hydrogen) atoms. The van der Waals surface area contributed by atoms with Gasteiger partial charge in [0.2, 0.25) is 11.8 Å². The van der Waals surface area contributed by atoms with Crippen molar-refractivity contribution in [3.63, 3.8) is 0 Å². The second kappa shape index (κ2) is 4.71. The molecule has 0 spiro atoms. The largest absolute Gasteiger partial charge is 0.367 e. The van der Waals surface area contributed by atoms with Crippen molar-refractivity contribution in [3.8, 4) is 0 Å². The van der Waals surface area contributed by atoms with Crippen LogP contribution in [0.4, 0.5) is 5.69 Å². The maximum Gasteiger partial charge on any atom is 0.235 e. The summed E-state index contributed by atoms with van der Waals surface area (Å²) >= 11 is 0. The van der Waals surface area contributed by atoms with E-state index in [0.717, 1.165) is 11.3 Å². The van der Waals surface area contributed by atoms with E-state index in [1.165, 1.54) is 16.9 Å². The summed E-state index contributed by atoms with van der Waals surface area (Å²) < 4.78 is 0. The fourth-order valence-electron chi connectivity index (χ4n) is 5.35. The number of amides is 2. The van der Waals surface area contributed by atoms with Crippen LogP contribution < -0.4 is 5.32 Å². The second-order valence-corrected chi connectivity index (χ2v) is 7.91. The molecule has 5 aliphatic rings. The first kappa shape index (κ1) is 14.3. The number of benzene rings is 1. The lowest BCUT2D eigenvalue weighted by atomic mass is 9.63. The molecule has 4 nitrogen and oxygen atoms in total. The zero-order valence-corrected chi connectivity index (χ0v) is 14.0. The Morgan fingerprint density at radius 1 is 1.04 bits per heavy atom. The molecular weight excluding hydrogens is 300 g/mol. The van der Waals surface area contributed by atoms with Crippen molar-refractivity contribution in [2.45, 2.75) is 20.3 Å². The Labute approximate surface area is 141 Å². The standard InChI is InChI=1S/C20H22N2O2/c1-10-3-6-16(11(2)7-10)21-9-22-19(23)17-12-4-5-13(15-8-14(12)15)18(17)20(22)24/h3-7,12-15,17-18,21H,8-9H2,1-2H3/t12-,13-,14-,15-,17+,18+/m0/s1. The van der Waals surface area contributed by atoms with Crippen LogP contribution in [-0.4, -0.2) is 23.4 Å². The summed E-state index contributed by atoms with van der Waals surface area (Å²) in [5.74, 6) is 1.78. The van der Waals surface area contributed by atoms with Crippen molar-refractivity contribution in [1.29, 1.82) is 0 Å². The maximum absolute atomic E-state index is 12.9. The molecule has 1 aliphatic heterocycles. The Morgan fingerprint density at radius 3 is 2.25 bits per heavy atom. The molecule has 2 bridgehead atoms. The zero-order chi connectivity index (χ0) is 16.6. The lowest BCUT2D eigenvalue weighted by Gasteiger charge is -2.37. The molecule has 4 heteroatoms. The Balaban J connectivity index is 1.37. The van der Waals surface area contributed by atoms with E-state index in [1.807, 2.05) is 19.1 Å².